The van der Waals surface area contributed by atoms with Crippen molar-refractivity contribution in [3.05, 3.63) is 29.8 Å². The summed E-state index contributed by atoms with van der Waals surface area (Å²) in [5, 5.41) is 5.67. The fourth-order valence-corrected chi connectivity index (χ4v) is 1.93. The Balaban J connectivity index is 2.51. The summed E-state index contributed by atoms with van der Waals surface area (Å²) in [4.78, 5) is 24.9. The van der Waals surface area contributed by atoms with Crippen LogP contribution in [0.1, 0.15) is 32.3 Å². The minimum atomic E-state index is -0.201. The Labute approximate surface area is 126 Å². The van der Waals surface area contributed by atoms with Gasteiger partial charge in [-0.2, -0.15) is 0 Å². The smallest absolute Gasteiger partial charge is 0.319 e. The van der Waals surface area contributed by atoms with Gasteiger partial charge in [-0.25, -0.2) is 4.79 Å². The summed E-state index contributed by atoms with van der Waals surface area (Å²) in [5.74, 6) is 0.0573. The SMILES string of the molecule is CCC[C@@H](C)NC(=O)Nc1ccc(CC(=O)N(C)C)cc1. The van der Waals surface area contributed by atoms with Crippen LogP contribution in [-0.2, 0) is 11.2 Å². The van der Waals surface area contributed by atoms with E-state index in [1.54, 1.807) is 19.0 Å². The van der Waals surface area contributed by atoms with E-state index < -0.39 is 0 Å². The molecule has 0 aliphatic heterocycles. The number of benzene rings is 1. The third kappa shape index (κ3) is 6.29. The number of amides is 3. The first-order valence-electron chi connectivity index (χ1n) is 7.29. The largest absolute Gasteiger partial charge is 0.349 e. The van der Waals surface area contributed by atoms with E-state index in [0.29, 0.717) is 6.42 Å². The second kappa shape index (κ2) is 8.29. The minimum Gasteiger partial charge on any atom is -0.349 e. The highest BCUT2D eigenvalue weighted by Crippen LogP contribution is 2.10. The number of hydrogen-bond donors (Lipinski definition) is 2. The molecule has 0 unspecified atom stereocenters. The number of hydrogen-bond acceptors (Lipinski definition) is 2. The van der Waals surface area contributed by atoms with Crippen molar-refractivity contribution in [3.8, 4) is 0 Å². The van der Waals surface area contributed by atoms with Gasteiger partial charge in [-0.15, -0.1) is 0 Å². The van der Waals surface area contributed by atoms with Crippen LogP contribution >= 0.6 is 0 Å². The van der Waals surface area contributed by atoms with Gasteiger partial charge in [-0.05, 0) is 31.0 Å². The maximum atomic E-state index is 11.8. The molecule has 1 rings (SSSR count). The number of carbonyl (C=O) groups excluding carboxylic acids is 2. The summed E-state index contributed by atoms with van der Waals surface area (Å²) in [6.07, 6.45) is 2.36. The highest BCUT2D eigenvalue weighted by atomic mass is 16.2. The molecule has 1 aromatic carbocycles. The molecule has 5 nitrogen and oxygen atoms in total. The molecule has 0 heterocycles. The topological polar surface area (TPSA) is 61.4 Å². The zero-order valence-corrected chi connectivity index (χ0v) is 13.3. The first-order valence-corrected chi connectivity index (χ1v) is 7.29. The Kier molecular flexibility index (Phi) is 6.72. The monoisotopic (exact) mass is 291 g/mol. The van der Waals surface area contributed by atoms with E-state index in [1.165, 1.54) is 0 Å². The molecular formula is C16H25N3O2. The molecule has 3 amide bonds. The number of urea groups is 1. The predicted octanol–water partition coefficient (Wildman–Crippen LogP) is 2.63. The molecule has 116 valence electrons. The summed E-state index contributed by atoms with van der Waals surface area (Å²) in [6.45, 7) is 4.07. The Hall–Kier alpha value is -2.04. The number of anilines is 1. The van der Waals surface area contributed by atoms with Crippen LogP contribution in [0.4, 0.5) is 10.5 Å². The maximum Gasteiger partial charge on any atom is 0.319 e. The molecule has 0 aromatic heterocycles. The van der Waals surface area contributed by atoms with Gasteiger partial charge in [0.1, 0.15) is 0 Å². The third-order valence-electron chi connectivity index (χ3n) is 3.17. The highest BCUT2D eigenvalue weighted by molar-refractivity contribution is 5.89. The number of nitrogens with one attached hydrogen (secondary N) is 2. The molecule has 0 aliphatic rings. The van der Waals surface area contributed by atoms with Crippen molar-refractivity contribution in [1.29, 1.82) is 0 Å². The molecule has 0 radical (unpaired) electrons. The Morgan fingerprint density at radius 3 is 2.33 bits per heavy atom. The number of carbonyl (C=O) groups is 2. The van der Waals surface area contributed by atoms with Crippen molar-refractivity contribution in [2.24, 2.45) is 0 Å². The van der Waals surface area contributed by atoms with Crippen molar-refractivity contribution < 1.29 is 9.59 Å². The van der Waals surface area contributed by atoms with Gasteiger partial charge >= 0.3 is 6.03 Å². The van der Waals surface area contributed by atoms with Crippen LogP contribution in [0.15, 0.2) is 24.3 Å². The Morgan fingerprint density at radius 1 is 1.19 bits per heavy atom. The lowest BCUT2D eigenvalue weighted by Gasteiger charge is -2.14. The maximum absolute atomic E-state index is 11.8. The molecule has 21 heavy (non-hydrogen) atoms. The van der Waals surface area contributed by atoms with Gasteiger partial charge in [-0.3, -0.25) is 4.79 Å². The van der Waals surface area contributed by atoms with E-state index in [-0.39, 0.29) is 18.0 Å². The lowest BCUT2D eigenvalue weighted by molar-refractivity contribution is -0.127. The average Bonchev–Trinajstić information content (AvgIpc) is 2.40. The third-order valence-corrected chi connectivity index (χ3v) is 3.17. The van der Waals surface area contributed by atoms with Gasteiger partial charge in [-0.1, -0.05) is 25.5 Å². The molecule has 0 fully saturated rings. The summed E-state index contributed by atoms with van der Waals surface area (Å²) >= 11 is 0. The van der Waals surface area contributed by atoms with E-state index in [1.807, 2.05) is 31.2 Å². The molecule has 0 aliphatic carbocycles. The van der Waals surface area contributed by atoms with Crippen LogP contribution in [-0.4, -0.2) is 37.0 Å². The second-order valence-corrected chi connectivity index (χ2v) is 5.45. The van der Waals surface area contributed by atoms with Crippen molar-refractivity contribution in [1.82, 2.24) is 10.2 Å². The number of nitrogens with zero attached hydrogens (tertiary/aromatic N) is 1. The number of rotatable bonds is 6. The molecule has 2 N–H and O–H groups in total. The standard InChI is InChI=1S/C16H25N3O2/c1-5-6-12(2)17-16(21)18-14-9-7-13(8-10-14)11-15(20)19(3)4/h7-10,12H,5-6,11H2,1-4H3,(H2,17,18,21)/t12-/m1/s1. The molecule has 0 saturated heterocycles. The molecular weight excluding hydrogens is 266 g/mol. The second-order valence-electron chi connectivity index (χ2n) is 5.45. The average molecular weight is 291 g/mol. The fraction of sp³-hybridized carbons (Fsp3) is 0.500. The van der Waals surface area contributed by atoms with Crippen LogP contribution in [0.25, 0.3) is 0 Å². The molecule has 1 atom stereocenters. The van der Waals surface area contributed by atoms with Crippen molar-refractivity contribution in [3.63, 3.8) is 0 Å². The van der Waals surface area contributed by atoms with Crippen LogP contribution in [0.2, 0.25) is 0 Å². The van der Waals surface area contributed by atoms with Gasteiger partial charge in [0, 0.05) is 25.8 Å². The molecule has 0 spiro atoms. The van der Waals surface area contributed by atoms with Crippen molar-refractivity contribution >= 4 is 17.6 Å². The lowest BCUT2D eigenvalue weighted by atomic mass is 10.1. The van der Waals surface area contributed by atoms with E-state index >= 15 is 0 Å². The van der Waals surface area contributed by atoms with Crippen LogP contribution in [0.3, 0.4) is 0 Å². The zero-order valence-electron chi connectivity index (χ0n) is 13.3. The van der Waals surface area contributed by atoms with Gasteiger partial charge in [0.15, 0.2) is 0 Å². The minimum absolute atomic E-state index is 0.0573. The fourth-order valence-electron chi connectivity index (χ4n) is 1.93. The summed E-state index contributed by atoms with van der Waals surface area (Å²) in [6, 6.07) is 7.28. The zero-order chi connectivity index (χ0) is 15.8. The van der Waals surface area contributed by atoms with Crippen LogP contribution in [0, 0.1) is 0 Å². The Bertz CT molecular complexity index is 469. The predicted molar refractivity (Wildman–Crippen MR) is 85.4 cm³/mol. The van der Waals surface area contributed by atoms with Gasteiger partial charge < -0.3 is 15.5 Å². The lowest BCUT2D eigenvalue weighted by Crippen LogP contribution is -2.35. The summed E-state index contributed by atoms with van der Waals surface area (Å²) in [7, 11) is 3.47. The van der Waals surface area contributed by atoms with E-state index in [9.17, 15) is 9.59 Å². The molecule has 0 bridgehead atoms. The molecule has 0 saturated carbocycles. The summed E-state index contributed by atoms with van der Waals surface area (Å²) in [5.41, 5.74) is 1.65. The molecule has 5 heteroatoms. The normalized spacial score (nSPS) is 11.6. The van der Waals surface area contributed by atoms with Gasteiger partial charge in [0.05, 0.1) is 6.42 Å². The van der Waals surface area contributed by atoms with Crippen LogP contribution < -0.4 is 10.6 Å². The van der Waals surface area contributed by atoms with Crippen molar-refractivity contribution in [2.45, 2.75) is 39.2 Å². The first kappa shape index (κ1) is 17.0. The Morgan fingerprint density at radius 2 is 1.81 bits per heavy atom. The molecule has 1 aromatic rings. The number of likely N-dealkylation sites (N-methyl/N-ethyl adjacent to an activating group) is 1. The van der Waals surface area contributed by atoms with Gasteiger partial charge in [0.25, 0.3) is 0 Å². The van der Waals surface area contributed by atoms with Crippen molar-refractivity contribution in [2.75, 3.05) is 19.4 Å². The quantitative estimate of drug-likeness (QED) is 0.846. The summed E-state index contributed by atoms with van der Waals surface area (Å²) < 4.78 is 0. The van der Waals surface area contributed by atoms with Crippen LogP contribution in [0.5, 0.6) is 0 Å². The van der Waals surface area contributed by atoms with E-state index in [0.717, 1.165) is 24.1 Å². The highest BCUT2D eigenvalue weighted by Gasteiger charge is 2.08. The first-order chi connectivity index (χ1) is 9.92. The van der Waals surface area contributed by atoms with E-state index in [2.05, 4.69) is 17.6 Å². The van der Waals surface area contributed by atoms with Gasteiger partial charge in [0.2, 0.25) is 5.91 Å². The van der Waals surface area contributed by atoms with E-state index in [4.69, 9.17) is 0 Å².